The molecule has 2 aromatic rings. The highest BCUT2D eigenvalue weighted by Crippen LogP contribution is 2.46. The minimum absolute atomic E-state index is 0.165. The molecule has 0 bridgehead atoms. The van der Waals surface area contributed by atoms with Gasteiger partial charge in [-0.2, -0.15) is 0 Å². The topological polar surface area (TPSA) is 59.0 Å². The van der Waals surface area contributed by atoms with E-state index in [1.54, 1.807) is 6.07 Å². The van der Waals surface area contributed by atoms with Gasteiger partial charge in [-0.25, -0.2) is 4.79 Å². The summed E-state index contributed by atoms with van der Waals surface area (Å²) in [5.41, 5.74) is 3.92. The first kappa shape index (κ1) is 26.1. The maximum atomic E-state index is 12.4. The summed E-state index contributed by atoms with van der Waals surface area (Å²) in [7, 11) is 1.41. The largest absolute Gasteiger partial charge is 0.490 e. The number of carbonyl (C=O) groups excluding carboxylic acids is 1. The third kappa shape index (κ3) is 5.26. The lowest BCUT2D eigenvalue weighted by Crippen LogP contribution is -2.49. The van der Waals surface area contributed by atoms with Crippen molar-refractivity contribution in [1.29, 1.82) is 0 Å². The van der Waals surface area contributed by atoms with E-state index >= 15 is 0 Å². The number of allylic oxidation sites excluding steroid dienone is 1. The molecular weight excluding hydrogens is 486 g/mol. The van der Waals surface area contributed by atoms with E-state index in [9.17, 15) is 9.90 Å². The van der Waals surface area contributed by atoms with Gasteiger partial charge in [0.2, 0.25) is 0 Å². The van der Waals surface area contributed by atoms with Gasteiger partial charge in [0.25, 0.3) is 0 Å². The molecule has 2 aliphatic carbocycles. The van der Waals surface area contributed by atoms with Crippen molar-refractivity contribution in [3.8, 4) is 5.75 Å². The molecule has 0 amide bonds. The van der Waals surface area contributed by atoms with Crippen LogP contribution in [-0.4, -0.2) is 44.0 Å². The second-order valence-electron chi connectivity index (χ2n) is 11.0. The molecule has 6 heteroatoms. The molecule has 0 saturated heterocycles. The Hall–Kier alpha value is -2.50. The highest BCUT2D eigenvalue weighted by atomic mass is 35.5. The zero-order chi connectivity index (χ0) is 26.0. The minimum atomic E-state index is -0.416. The Bertz CT molecular complexity index is 1160. The van der Waals surface area contributed by atoms with Crippen LogP contribution in [0.15, 0.2) is 48.6 Å². The number of unbranched alkanes of at least 4 members (excludes halogenated alkanes) is 1. The normalized spacial score (nSPS) is 25.6. The van der Waals surface area contributed by atoms with Crippen LogP contribution >= 0.6 is 11.6 Å². The number of hydrogen-bond donors (Lipinski definition) is 1. The van der Waals surface area contributed by atoms with Crippen LogP contribution in [0.4, 0.5) is 5.69 Å². The quantitative estimate of drug-likeness (QED) is 0.339. The van der Waals surface area contributed by atoms with Crippen LogP contribution in [0.1, 0.15) is 66.9 Å². The summed E-state index contributed by atoms with van der Waals surface area (Å²) in [5.74, 6) is 1.07. The van der Waals surface area contributed by atoms with Crippen molar-refractivity contribution in [1.82, 2.24) is 0 Å². The maximum Gasteiger partial charge on any atom is 0.337 e. The van der Waals surface area contributed by atoms with Gasteiger partial charge in [-0.15, -0.1) is 0 Å². The van der Waals surface area contributed by atoms with Crippen molar-refractivity contribution in [3.05, 3.63) is 70.3 Å². The molecule has 1 saturated carbocycles. The third-order valence-electron chi connectivity index (χ3n) is 8.62. The smallest absolute Gasteiger partial charge is 0.337 e. The maximum absolute atomic E-state index is 12.4. The number of nitrogens with zero attached hydrogens (tertiary/aromatic N) is 1. The number of aliphatic hydroxyl groups excluding tert-OH is 1. The van der Waals surface area contributed by atoms with Gasteiger partial charge >= 0.3 is 5.97 Å². The van der Waals surface area contributed by atoms with Gasteiger partial charge in [-0.3, -0.25) is 0 Å². The van der Waals surface area contributed by atoms with Gasteiger partial charge in [0.15, 0.2) is 0 Å². The number of halogens is 1. The second kappa shape index (κ2) is 11.1. The van der Waals surface area contributed by atoms with E-state index in [1.165, 1.54) is 18.2 Å². The summed E-state index contributed by atoms with van der Waals surface area (Å²) in [6.45, 7) is 4.34. The number of methoxy groups -OCH3 is 1. The molecule has 2 aromatic carbocycles. The molecule has 198 valence electrons. The summed E-state index contributed by atoms with van der Waals surface area (Å²) in [4.78, 5) is 14.8. The fraction of sp³-hybridized carbons (Fsp3) is 0.516. The Morgan fingerprint density at radius 3 is 2.92 bits per heavy atom. The van der Waals surface area contributed by atoms with Crippen molar-refractivity contribution in [3.63, 3.8) is 0 Å². The molecule has 0 radical (unpaired) electrons. The number of esters is 1. The number of fused-ring (bicyclic) bond motifs is 3. The molecule has 0 aromatic heterocycles. The first-order chi connectivity index (χ1) is 17.9. The first-order valence-corrected chi connectivity index (χ1v) is 14.1. The van der Waals surface area contributed by atoms with E-state index in [2.05, 4.69) is 30.0 Å². The number of aliphatic hydroxyl groups is 1. The van der Waals surface area contributed by atoms with Crippen LogP contribution < -0.4 is 9.64 Å². The van der Waals surface area contributed by atoms with Crippen LogP contribution in [0.2, 0.25) is 5.02 Å². The van der Waals surface area contributed by atoms with Crippen molar-refractivity contribution in [2.24, 2.45) is 11.8 Å². The van der Waals surface area contributed by atoms with Gasteiger partial charge < -0.3 is 19.5 Å². The summed E-state index contributed by atoms with van der Waals surface area (Å²) >= 11 is 6.37. The Kier molecular flexibility index (Phi) is 7.83. The van der Waals surface area contributed by atoms with E-state index in [1.807, 2.05) is 24.3 Å². The Morgan fingerprint density at radius 2 is 2.16 bits per heavy atom. The first-order valence-electron chi connectivity index (χ1n) is 13.7. The fourth-order valence-electron chi connectivity index (χ4n) is 6.46. The standard InChI is InChI=1S/C31H38ClNO4/c1-3-4-5-8-28(34)25-12-9-23(25)18-33-19-31(15-6-7-21-16-24(32)11-13-26(21)31)20-37-29-14-10-22(17-27(29)33)30(35)36-2/h5,8,10-11,13-14,16-17,23,25,28,34H,3-4,6-7,9,12,15,18-20H2,1-2H3/b8-5+/t23-,25+,28+,31-/m0/s1. The molecule has 5 rings (SSSR count). The summed E-state index contributed by atoms with van der Waals surface area (Å²) in [5, 5.41) is 11.7. The summed E-state index contributed by atoms with van der Waals surface area (Å²) in [6.07, 6.45) is 11.0. The number of hydrogen-bond acceptors (Lipinski definition) is 5. The summed E-state index contributed by atoms with van der Waals surface area (Å²) in [6, 6.07) is 11.9. The molecule has 1 aliphatic heterocycles. The second-order valence-corrected chi connectivity index (χ2v) is 11.4. The predicted molar refractivity (Wildman–Crippen MR) is 148 cm³/mol. The van der Waals surface area contributed by atoms with Crippen molar-refractivity contribution in [2.75, 3.05) is 31.7 Å². The van der Waals surface area contributed by atoms with E-state index in [0.717, 1.165) is 74.5 Å². The van der Waals surface area contributed by atoms with E-state index < -0.39 is 6.10 Å². The molecule has 0 unspecified atom stereocenters. The Morgan fingerprint density at radius 1 is 1.30 bits per heavy atom. The van der Waals surface area contributed by atoms with Gasteiger partial charge in [-0.05, 0) is 91.8 Å². The lowest BCUT2D eigenvalue weighted by molar-refractivity contribution is 0.0456. The van der Waals surface area contributed by atoms with Gasteiger partial charge in [0.05, 0.1) is 31.1 Å². The van der Waals surface area contributed by atoms with Crippen LogP contribution in [0, 0.1) is 11.8 Å². The van der Waals surface area contributed by atoms with E-state index in [-0.39, 0.29) is 17.3 Å². The fourth-order valence-corrected chi connectivity index (χ4v) is 6.65. The van der Waals surface area contributed by atoms with Crippen molar-refractivity contribution >= 4 is 23.3 Å². The average Bonchev–Trinajstić information content (AvgIpc) is 3.03. The summed E-state index contributed by atoms with van der Waals surface area (Å²) < 4.78 is 11.5. The molecule has 1 heterocycles. The number of benzene rings is 2. The lowest BCUT2D eigenvalue weighted by Gasteiger charge is -2.45. The third-order valence-corrected chi connectivity index (χ3v) is 8.85. The molecule has 3 aliphatic rings. The molecule has 1 spiro atoms. The van der Waals surface area contributed by atoms with E-state index in [4.69, 9.17) is 21.1 Å². The van der Waals surface area contributed by atoms with Gasteiger partial charge in [0.1, 0.15) is 5.75 Å². The van der Waals surface area contributed by atoms with Gasteiger partial charge in [0, 0.05) is 23.5 Å². The SMILES string of the molecule is CCC/C=C/[C@@H](O)[C@@H]1CC[C@H]1CN1C[C@@]2(CCCc3cc(Cl)ccc32)COc2ccc(C(=O)OC)cc21. The minimum Gasteiger partial charge on any atom is -0.490 e. The van der Waals surface area contributed by atoms with Crippen LogP contribution in [0.25, 0.3) is 0 Å². The lowest BCUT2D eigenvalue weighted by atomic mass is 9.68. The molecule has 4 atom stereocenters. The van der Waals surface area contributed by atoms with Crippen LogP contribution in [-0.2, 0) is 16.6 Å². The highest BCUT2D eigenvalue weighted by molar-refractivity contribution is 6.30. The van der Waals surface area contributed by atoms with Crippen LogP contribution in [0.3, 0.4) is 0 Å². The number of anilines is 1. The van der Waals surface area contributed by atoms with Crippen molar-refractivity contribution < 1.29 is 19.4 Å². The van der Waals surface area contributed by atoms with Crippen LogP contribution in [0.5, 0.6) is 5.75 Å². The molecule has 1 fully saturated rings. The van der Waals surface area contributed by atoms with Gasteiger partial charge in [-0.1, -0.05) is 43.2 Å². The molecule has 37 heavy (non-hydrogen) atoms. The molecular formula is C31H38ClNO4. The zero-order valence-electron chi connectivity index (χ0n) is 21.9. The number of ether oxygens (including phenoxy) is 2. The monoisotopic (exact) mass is 523 g/mol. The predicted octanol–water partition coefficient (Wildman–Crippen LogP) is 6.34. The van der Waals surface area contributed by atoms with Crippen molar-refractivity contribution in [2.45, 2.75) is 63.4 Å². The highest BCUT2D eigenvalue weighted by Gasteiger charge is 2.44. The Balaban J connectivity index is 1.49. The number of carbonyl (C=O) groups is 1. The van der Waals surface area contributed by atoms with E-state index in [0.29, 0.717) is 18.1 Å². The molecule has 5 nitrogen and oxygen atoms in total. The Labute approximate surface area is 225 Å². The molecule has 1 N–H and O–H groups in total. The number of aryl methyl sites for hydroxylation is 1. The number of rotatable bonds is 7. The average molecular weight is 524 g/mol. The zero-order valence-corrected chi connectivity index (χ0v) is 22.7.